The molecule has 1 unspecified atom stereocenters. The van der Waals surface area contributed by atoms with Crippen LogP contribution in [0, 0.1) is 0 Å². The lowest BCUT2D eigenvalue weighted by molar-refractivity contribution is -0.136. The van der Waals surface area contributed by atoms with E-state index >= 15 is 0 Å². The fourth-order valence-corrected chi connectivity index (χ4v) is 2.22. The topological polar surface area (TPSA) is 104 Å². The molecule has 8 heteroatoms. The van der Waals surface area contributed by atoms with Crippen molar-refractivity contribution < 1.29 is 19.1 Å². The molecule has 0 radical (unpaired) electrons. The van der Waals surface area contributed by atoms with Gasteiger partial charge in [-0.3, -0.25) is 14.8 Å². The van der Waals surface area contributed by atoms with Gasteiger partial charge in [-0.1, -0.05) is 0 Å². The molecule has 0 bridgehead atoms. The highest BCUT2D eigenvalue weighted by Crippen LogP contribution is 2.39. The number of hydrogen-bond donors (Lipinski definition) is 2. The predicted octanol–water partition coefficient (Wildman–Crippen LogP) is 0.384. The van der Waals surface area contributed by atoms with E-state index in [1.165, 1.54) is 6.92 Å². The number of H-pyrrole nitrogens is 1. The van der Waals surface area contributed by atoms with Crippen molar-refractivity contribution in [2.45, 2.75) is 31.8 Å². The van der Waals surface area contributed by atoms with Gasteiger partial charge in [0.15, 0.2) is 11.8 Å². The fraction of sp³-hybridized carbons (Fsp3) is 0.538. The number of aromatic amines is 1. The van der Waals surface area contributed by atoms with E-state index in [4.69, 9.17) is 4.74 Å². The number of urea groups is 1. The van der Waals surface area contributed by atoms with Crippen LogP contribution in [0.2, 0.25) is 0 Å². The molecule has 21 heavy (non-hydrogen) atoms. The monoisotopic (exact) mass is 292 g/mol. The highest BCUT2D eigenvalue weighted by Gasteiger charge is 2.32. The van der Waals surface area contributed by atoms with Crippen LogP contribution in [0.3, 0.4) is 0 Å². The van der Waals surface area contributed by atoms with Crippen molar-refractivity contribution >= 4 is 17.9 Å². The summed E-state index contributed by atoms with van der Waals surface area (Å²) in [5.74, 6) is -0.749. The van der Waals surface area contributed by atoms with E-state index in [0.29, 0.717) is 12.5 Å². The van der Waals surface area contributed by atoms with Gasteiger partial charge in [0, 0.05) is 24.7 Å². The summed E-state index contributed by atoms with van der Waals surface area (Å²) < 4.78 is 5.08. The summed E-state index contributed by atoms with van der Waals surface area (Å²) in [7, 11) is 0. The van der Waals surface area contributed by atoms with Crippen LogP contribution in [0.15, 0.2) is 6.07 Å². The quantitative estimate of drug-likeness (QED) is 0.781. The van der Waals surface area contributed by atoms with Crippen LogP contribution < -0.4 is 5.32 Å². The Kier molecular flexibility index (Phi) is 3.36. The van der Waals surface area contributed by atoms with Gasteiger partial charge in [-0.05, 0) is 25.8 Å². The van der Waals surface area contributed by atoms with Crippen LogP contribution in [-0.4, -0.2) is 52.2 Å². The van der Waals surface area contributed by atoms with Gasteiger partial charge in [0.05, 0.1) is 0 Å². The molecule has 0 aromatic carbocycles. The minimum absolute atomic E-state index is 0.155. The zero-order valence-electron chi connectivity index (χ0n) is 11.6. The molecule has 2 fully saturated rings. The van der Waals surface area contributed by atoms with Crippen molar-refractivity contribution in [3.05, 3.63) is 17.5 Å². The van der Waals surface area contributed by atoms with Crippen LogP contribution in [0.4, 0.5) is 4.79 Å². The number of carbonyl (C=O) groups excluding carboxylic acids is 3. The largest absolute Gasteiger partial charge is 0.448 e. The number of hydrogen-bond acceptors (Lipinski definition) is 5. The van der Waals surface area contributed by atoms with Crippen molar-refractivity contribution in [3.63, 3.8) is 0 Å². The maximum atomic E-state index is 12.0. The van der Waals surface area contributed by atoms with Gasteiger partial charge in [-0.25, -0.2) is 9.59 Å². The zero-order valence-corrected chi connectivity index (χ0v) is 11.6. The number of aromatic nitrogens is 2. The second-order valence-electron chi connectivity index (χ2n) is 5.25. The number of nitrogens with zero attached hydrogens (tertiary/aromatic N) is 2. The van der Waals surface area contributed by atoms with E-state index in [-0.39, 0.29) is 12.2 Å². The molecule has 3 rings (SSSR count). The molecule has 8 nitrogen and oxygen atoms in total. The van der Waals surface area contributed by atoms with E-state index in [1.807, 2.05) is 0 Å². The summed E-state index contributed by atoms with van der Waals surface area (Å²) in [6.45, 7) is 2.14. The average molecular weight is 292 g/mol. The van der Waals surface area contributed by atoms with Gasteiger partial charge in [0.1, 0.15) is 0 Å². The van der Waals surface area contributed by atoms with Crippen molar-refractivity contribution in [1.82, 2.24) is 20.4 Å². The van der Waals surface area contributed by atoms with Crippen LogP contribution in [0.5, 0.6) is 0 Å². The number of imide groups is 1. The fourth-order valence-electron chi connectivity index (χ4n) is 2.22. The van der Waals surface area contributed by atoms with Crippen molar-refractivity contribution in [3.8, 4) is 0 Å². The normalized spacial score (nSPS) is 19.3. The van der Waals surface area contributed by atoms with E-state index in [2.05, 4.69) is 15.5 Å². The van der Waals surface area contributed by atoms with Crippen LogP contribution in [-0.2, 0) is 9.53 Å². The van der Waals surface area contributed by atoms with Gasteiger partial charge in [-0.2, -0.15) is 5.10 Å². The Morgan fingerprint density at radius 2 is 2.24 bits per heavy atom. The average Bonchev–Trinajstić information content (AvgIpc) is 3.03. The molecule has 1 atom stereocenters. The molecule has 1 aliphatic carbocycles. The Bertz CT molecular complexity index is 593. The number of nitrogens with one attached hydrogen (secondary N) is 2. The molecule has 0 spiro atoms. The zero-order chi connectivity index (χ0) is 15.0. The molecule has 1 aromatic rings. The van der Waals surface area contributed by atoms with Crippen LogP contribution in [0.25, 0.3) is 0 Å². The lowest BCUT2D eigenvalue weighted by Crippen LogP contribution is -2.41. The molecule has 2 heterocycles. The molecule has 1 saturated heterocycles. The van der Waals surface area contributed by atoms with E-state index in [1.54, 1.807) is 6.07 Å². The molecule has 1 saturated carbocycles. The highest BCUT2D eigenvalue weighted by molar-refractivity contribution is 5.99. The lowest BCUT2D eigenvalue weighted by atomic mass is 10.2. The highest BCUT2D eigenvalue weighted by atomic mass is 16.5. The van der Waals surface area contributed by atoms with Gasteiger partial charge < -0.3 is 10.1 Å². The molecule has 112 valence electrons. The summed E-state index contributed by atoms with van der Waals surface area (Å²) in [6.07, 6.45) is 1.16. The molecule has 1 aromatic heterocycles. The Morgan fingerprint density at radius 3 is 2.86 bits per heavy atom. The maximum Gasteiger partial charge on any atom is 0.359 e. The van der Waals surface area contributed by atoms with Gasteiger partial charge in [-0.15, -0.1) is 0 Å². The third-order valence-corrected chi connectivity index (χ3v) is 3.58. The number of rotatable bonds is 4. The molecule has 3 amide bonds. The predicted molar refractivity (Wildman–Crippen MR) is 70.6 cm³/mol. The second kappa shape index (κ2) is 5.19. The third kappa shape index (κ3) is 2.74. The summed E-state index contributed by atoms with van der Waals surface area (Å²) in [5, 5.41) is 9.22. The minimum atomic E-state index is -1.03. The van der Waals surface area contributed by atoms with Gasteiger partial charge in [0.25, 0.3) is 5.91 Å². The smallest absolute Gasteiger partial charge is 0.359 e. The molecular formula is C13H16N4O4. The molecule has 2 N–H and O–H groups in total. The number of amides is 3. The number of ether oxygens (including phenoxy) is 1. The molecule has 1 aliphatic heterocycles. The summed E-state index contributed by atoms with van der Waals surface area (Å²) in [5.41, 5.74) is 1.07. The number of esters is 1. The van der Waals surface area contributed by atoms with Crippen LogP contribution in [0.1, 0.15) is 41.9 Å². The van der Waals surface area contributed by atoms with E-state index in [9.17, 15) is 14.4 Å². The first-order valence-corrected chi connectivity index (χ1v) is 6.91. The first-order valence-electron chi connectivity index (χ1n) is 6.91. The van der Waals surface area contributed by atoms with E-state index < -0.39 is 24.0 Å². The first kappa shape index (κ1) is 13.6. The first-order chi connectivity index (χ1) is 10.1. The third-order valence-electron chi connectivity index (χ3n) is 3.58. The maximum absolute atomic E-state index is 12.0. The van der Waals surface area contributed by atoms with Crippen molar-refractivity contribution in [2.75, 3.05) is 13.1 Å². The van der Waals surface area contributed by atoms with Crippen molar-refractivity contribution in [2.24, 2.45) is 0 Å². The second-order valence-corrected chi connectivity index (χ2v) is 5.25. The summed E-state index contributed by atoms with van der Waals surface area (Å²) in [6, 6.07) is 1.19. The number of carbonyl (C=O) groups is 3. The van der Waals surface area contributed by atoms with Crippen LogP contribution >= 0.6 is 0 Å². The van der Waals surface area contributed by atoms with Gasteiger partial charge in [0.2, 0.25) is 0 Å². The Balaban J connectivity index is 1.60. The minimum Gasteiger partial charge on any atom is -0.448 e. The standard InChI is InChI=1S/C13H16N4O4/c1-7(11(18)17-5-4-14-13(17)20)21-12(19)10-6-9(15-16-10)8-2-3-8/h6-8H,2-5H2,1H3,(H,14,20)(H,15,16). The Morgan fingerprint density at radius 1 is 1.48 bits per heavy atom. The van der Waals surface area contributed by atoms with Crippen molar-refractivity contribution in [1.29, 1.82) is 0 Å². The SMILES string of the molecule is CC(OC(=O)c1cc(C2CC2)[nH]n1)C(=O)N1CCNC1=O. The summed E-state index contributed by atoms with van der Waals surface area (Å²) in [4.78, 5) is 36.4. The Hall–Kier alpha value is -2.38. The van der Waals surface area contributed by atoms with E-state index in [0.717, 1.165) is 23.4 Å². The lowest BCUT2D eigenvalue weighted by Gasteiger charge is -2.17. The summed E-state index contributed by atoms with van der Waals surface area (Å²) >= 11 is 0. The molecule has 2 aliphatic rings. The Labute approximate surface area is 120 Å². The molecular weight excluding hydrogens is 276 g/mol. The van der Waals surface area contributed by atoms with Gasteiger partial charge >= 0.3 is 12.0 Å².